The summed E-state index contributed by atoms with van der Waals surface area (Å²) in [6.07, 6.45) is 4.77. The van der Waals surface area contributed by atoms with Crippen LogP contribution in [0.4, 0.5) is 0 Å². The summed E-state index contributed by atoms with van der Waals surface area (Å²) in [6.45, 7) is 2.14. The highest BCUT2D eigenvalue weighted by molar-refractivity contribution is 5.04. The van der Waals surface area contributed by atoms with Gasteiger partial charge >= 0.3 is 0 Å². The Hall–Kier alpha value is -0.580. The van der Waals surface area contributed by atoms with Crippen LogP contribution in [-0.2, 0) is 14.2 Å². The number of hydrogen-bond donors (Lipinski definition) is 1. The third-order valence-corrected chi connectivity index (χ3v) is 2.47. The van der Waals surface area contributed by atoms with E-state index in [-0.39, 0.29) is 12.3 Å². The second-order valence-corrected chi connectivity index (χ2v) is 3.61. The average Bonchev–Trinajstić information content (AvgIpc) is 2.72. The van der Waals surface area contributed by atoms with Crippen LogP contribution in [0.1, 0.15) is 19.3 Å². The molecule has 0 aromatic rings. The Bertz CT molecular complexity index is 211. The highest BCUT2D eigenvalue weighted by atomic mass is 16.7. The van der Waals surface area contributed by atoms with Gasteiger partial charge in [0.05, 0.1) is 25.9 Å². The summed E-state index contributed by atoms with van der Waals surface area (Å²) in [7, 11) is 0. The predicted molar refractivity (Wildman–Crippen MR) is 51.6 cm³/mol. The normalized spacial score (nSPS) is 25.6. The molecular formula is C10H17NO3. The number of ether oxygens (including phenoxy) is 3. The van der Waals surface area contributed by atoms with Gasteiger partial charge in [-0.3, -0.25) is 0 Å². The van der Waals surface area contributed by atoms with Gasteiger partial charge in [0, 0.05) is 6.42 Å². The quantitative estimate of drug-likeness (QED) is 0.729. The zero-order valence-corrected chi connectivity index (χ0v) is 8.28. The molecule has 2 N–H and O–H groups in total. The van der Waals surface area contributed by atoms with Crippen LogP contribution in [0.15, 0.2) is 11.8 Å². The molecule has 0 radical (unpaired) electrons. The third-order valence-electron chi connectivity index (χ3n) is 2.47. The van der Waals surface area contributed by atoms with E-state index in [0.717, 1.165) is 25.2 Å². The van der Waals surface area contributed by atoms with Gasteiger partial charge in [0.1, 0.15) is 5.76 Å². The number of rotatable bonds is 3. The van der Waals surface area contributed by atoms with Crippen molar-refractivity contribution in [3.63, 3.8) is 0 Å². The van der Waals surface area contributed by atoms with Crippen molar-refractivity contribution in [2.75, 3.05) is 19.8 Å². The van der Waals surface area contributed by atoms with Gasteiger partial charge in [-0.25, -0.2) is 0 Å². The van der Waals surface area contributed by atoms with E-state index in [1.807, 2.05) is 0 Å². The summed E-state index contributed by atoms with van der Waals surface area (Å²) in [4.78, 5) is 0. The SMILES string of the molecule is NC(CC1OCCO1)C1=CCCCO1. The molecule has 1 saturated heterocycles. The largest absolute Gasteiger partial charge is 0.497 e. The standard InChI is InChI=1S/C10H17NO3/c11-8(7-10-13-5-6-14-10)9-3-1-2-4-12-9/h3,8,10H,1-2,4-7,11H2. The lowest BCUT2D eigenvalue weighted by Crippen LogP contribution is -2.30. The molecule has 4 heteroatoms. The van der Waals surface area contributed by atoms with Crippen molar-refractivity contribution < 1.29 is 14.2 Å². The Labute approximate surface area is 84.0 Å². The van der Waals surface area contributed by atoms with Crippen molar-refractivity contribution in [3.8, 4) is 0 Å². The molecule has 2 aliphatic heterocycles. The maximum absolute atomic E-state index is 5.97. The molecule has 1 atom stereocenters. The van der Waals surface area contributed by atoms with Gasteiger partial charge in [0.25, 0.3) is 0 Å². The fraction of sp³-hybridized carbons (Fsp3) is 0.800. The number of allylic oxidation sites excluding steroid dienone is 1. The maximum atomic E-state index is 5.97. The second kappa shape index (κ2) is 4.77. The van der Waals surface area contributed by atoms with Crippen LogP contribution in [-0.4, -0.2) is 32.2 Å². The summed E-state index contributed by atoms with van der Waals surface area (Å²) in [6, 6.07) is -0.0848. The van der Waals surface area contributed by atoms with E-state index in [2.05, 4.69) is 6.08 Å². The fourth-order valence-electron chi connectivity index (χ4n) is 1.70. The van der Waals surface area contributed by atoms with E-state index in [1.54, 1.807) is 0 Å². The minimum absolute atomic E-state index is 0.0848. The van der Waals surface area contributed by atoms with Crippen LogP contribution in [0.2, 0.25) is 0 Å². The zero-order valence-electron chi connectivity index (χ0n) is 8.28. The third kappa shape index (κ3) is 2.47. The molecule has 2 heterocycles. The van der Waals surface area contributed by atoms with E-state index in [9.17, 15) is 0 Å². The second-order valence-electron chi connectivity index (χ2n) is 3.61. The fourth-order valence-corrected chi connectivity index (χ4v) is 1.70. The minimum atomic E-state index is -0.142. The molecular weight excluding hydrogens is 182 g/mol. The first-order valence-corrected chi connectivity index (χ1v) is 5.18. The van der Waals surface area contributed by atoms with Crippen LogP contribution < -0.4 is 5.73 Å². The molecule has 14 heavy (non-hydrogen) atoms. The highest BCUT2D eigenvalue weighted by Crippen LogP contribution is 2.18. The monoisotopic (exact) mass is 199 g/mol. The summed E-state index contributed by atoms with van der Waals surface area (Å²) >= 11 is 0. The molecule has 0 aromatic heterocycles. The molecule has 0 aromatic carbocycles. The Morgan fingerprint density at radius 2 is 2.14 bits per heavy atom. The first-order chi connectivity index (χ1) is 6.86. The van der Waals surface area contributed by atoms with Crippen molar-refractivity contribution in [2.45, 2.75) is 31.6 Å². The lowest BCUT2D eigenvalue weighted by molar-refractivity contribution is -0.0516. The first kappa shape index (κ1) is 9.96. The molecule has 80 valence electrons. The summed E-state index contributed by atoms with van der Waals surface area (Å²) < 4.78 is 16.1. The van der Waals surface area contributed by atoms with Crippen LogP contribution in [0.5, 0.6) is 0 Å². The zero-order chi connectivity index (χ0) is 9.80. The number of nitrogens with two attached hydrogens (primary N) is 1. The minimum Gasteiger partial charge on any atom is -0.497 e. The number of hydrogen-bond acceptors (Lipinski definition) is 4. The lowest BCUT2D eigenvalue weighted by atomic mass is 10.1. The molecule has 0 spiro atoms. The molecule has 0 aliphatic carbocycles. The van der Waals surface area contributed by atoms with Crippen LogP contribution in [0.3, 0.4) is 0 Å². The van der Waals surface area contributed by atoms with Gasteiger partial charge in [-0.15, -0.1) is 0 Å². The molecule has 2 aliphatic rings. The molecule has 1 unspecified atom stereocenters. The van der Waals surface area contributed by atoms with Crippen molar-refractivity contribution in [1.29, 1.82) is 0 Å². The van der Waals surface area contributed by atoms with Crippen LogP contribution in [0, 0.1) is 0 Å². The molecule has 1 fully saturated rings. The molecule has 0 saturated carbocycles. The van der Waals surface area contributed by atoms with E-state index in [4.69, 9.17) is 19.9 Å². The van der Waals surface area contributed by atoms with Gasteiger partial charge in [-0.2, -0.15) is 0 Å². The van der Waals surface area contributed by atoms with Gasteiger partial charge in [-0.1, -0.05) is 0 Å². The Balaban J connectivity index is 1.81. The van der Waals surface area contributed by atoms with E-state index in [1.165, 1.54) is 0 Å². The molecule has 0 amide bonds. The first-order valence-electron chi connectivity index (χ1n) is 5.18. The van der Waals surface area contributed by atoms with Crippen molar-refractivity contribution in [1.82, 2.24) is 0 Å². The molecule has 0 bridgehead atoms. The summed E-state index contributed by atoms with van der Waals surface area (Å²) in [5.74, 6) is 0.898. The Kier molecular flexibility index (Phi) is 3.39. The van der Waals surface area contributed by atoms with Gasteiger partial charge in [-0.05, 0) is 18.9 Å². The Morgan fingerprint density at radius 3 is 2.79 bits per heavy atom. The smallest absolute Gasteiger partial charge is 0.159 e. The maximum Gasteiger partial charge on any atom is 0.159 e. The van der Waals surface area contributed by atoms with Gasteiger partial charge in [0.15, 0.2) is 6.29 Å². The van der Waals surface area contributed by atoms with Crippen LogP contribution in [0.25, 0.3) is 0 Å². The molecule has 2 rings (SSSR count). The van der Waals surface area contributed by atoms with Gasteiger partial charge < -0.3 is 19.9 Å². The summed E-state index contributed by atoms with van der Waals surface area (Å²) in [5, 5.41) is 0. The van der Waals surface area contributed by atoms with E-state index < -0.39 is 0 Å². The lowest BCUT2D eigenvalue weighted by Gasteiger charge is -2.22. The van der Waals surface area contributed by atoms with Crippen molar-refractivity contribution in [2.24, 2.45) is 5.73 Å². The Morgan fingerprint density at radius 1 is 1.36 bits per heavy atom. The van der Waals surface area contributed by atoms with Crippen LogP contribution >= 0.6 is 0 Å². The van der Waals surface area contributed by atoms with Crippen molar-refractivity contribution in [3.05, 3.63) is 11.8 Å². The average molecular weight is 199 g/mol. The van der Waals surface area contributed by atoms with Crippen molar-refractivity contribution >= 4 is 0 Å². The predicted octanol–water partition coefficient (Wildman–Crippen LogP) is 0.771. The summed E-state index contributed by atoms with van der Waals surface area (Å²) in [5.41, 5.74) is 5.97. The topological polar surface area (TPSA) is 53.7 Å². The van der Waals surface area contributed by atoms with E-state index in [0.29, 0.717) is 19.6 Å². The van der Waals surface area contributed by atoms with Gasteiger partial charge in [0.2, 0.25) is 0 Å². The highest BCUT2D eigenvalue weighted by Gasteiger charge is 2.22. The molecule has 4 nitrogen and oxygen atoms in total. The van der Waals surface area contributed by atoms with E-state index >= 15 is 0 Å².